The predicted octanol–water partition coefficient (Wildman–Crippen LogP) is 3.36. The van der Waals surface area contributed by atoms with Crippen molar-refractivity contribution in [2.24, 2.45) is 0 Å². The van der Waals surface area contributed by atoms with E-state index in [0.717, 1.165) is 4.57 Å². The topological polar surface area (TPSA) is 51.1 Å². The van der Waals surface area contributed by atoms with Crippen molar-refractivity contribution in [2.45, 2.75) is 31.6 Å². The van der Waals surface area contributed by atoms with E-state index in [1.165, 1.54) is 6.20 Å². The summed E-state index contributed by atoms with van der Waals surface area (Å²) in [6.45, 7) is 0. The number of fused-ring (bicyclic) bond motifs is 1. The lowest BCUT2D eigenvalue weighted by Gasteiger charge is -2.24. The van der Waals surface area contributed by atoms with E-state index in [-0.39, 0.29) is 17.5 Å². The van der Waals surface area contributed by atoms with Gasteiger partial charge in [0.05, 0.1) is 17.0 Å². The number of anilines is 1. The van der Waals surface area contributed by atoms with E-state index in [1.807, 2.05) is 0 Å². The standard InChI is InChI=1S/C15H17F3N2O2S/c16-14(17)15(18)20-7-4-11-12(2-1-3-13(11)20)19-10-5-8-23(21,22)9-6-10/h1-4,7,10,14-15,19H,5-6,8-9H2. The van der Waals surface area contributed by atoms with Crippen LogP contribution in [0.4, 0.5) is 18.9 Å². The number of benzene rings is 1. The first-order valence-corrected chi connectivity index (χ1v) is 9.18. The van der Waals surface area contributed by atoms with Crippen molar-refractivity contribution < 1.29 is 21.6 Å². The van der Waals surface area contributed by atoms with Gasteiger partial charge < -0.3 is 9.88 Å². The first-order chi connectivity index (χ1) is 10.9. The molecular weight excluding hydrogens is 329 g/mol. The molecule has 23 heavy (non-hydrogen) atoms. The Morgan fingerprint density at radius 1 is 1.13 bits per heavy atom. The van der Waals surface area contributed by atoms with Gasteiger partial charge in [-0.1, -0.05) is 6.07 Å². The van der Waals surface area contributed by atoms with Crippen molar-refractivity contribution in [3.05, 3.63) is 30.5 Å². The summed E-state index contributed by atoms with van der Waals surface area (Å²) in [5.74, 6) is 0.277. The van der Waals surface area contributed by atoms with Gasteiger partial charge in [0, 0.05) is 23.3 Å². The molecule has 1 N–H and O–H groups in total. The molecule has 0 spiro atoms. The third-order valence-corrected chi connectivity index (χ3v) is 5.87. The lowest BCUT2D eigenvalue weighted by atomic mass is 10.1. The second-order valence-electron chi connectivity index (χ2n) is 5.74. The number of hydrogen-bond donors (Lipinski definition) is 1. The largest absolute Gasteiger partial charge is 0.382 e. The summed E-state index contributed by atoms with van der Waals surface area (Å²) in [7, 11) is -2.94. The van der Waals surface area contributed by atoms with Crippen LogP contribution in [0.3, 0.4) is 0 Å². The van der Waals surface area contributed by atoms with Crippen LogP contribution in [0.2, 0.25) is 0 Å². The van der Waals surface area contributed by atoms with Crippen LogP contribution in [0.1, 0.15) is 19.1 Å². The quantitative estimate of drug-likeness (QED) is 0.923. The summed E-state index contributed by atoms with van der Waals surface area (Å²) in [5, 5.41) is 3.90. The fourth-order valence-corrected chi connectivity index (χ4v) is 4.40. The molecule has 1 aliphatic heterocycles. The van der Waals surface area contributed by atoms with E-state index < -0.39 is 22.6 Å². The summed E-state index contributed by atoms with van der Waals surface area (Å²) in [6, 6.07) is 6.63. The highest BCUT2D eigenvalue weighted by Crippen LogP contribution is 2.31. The molecule has 0 aliphatic carbocycles. The molecule has 4 nitrogen and oxygen atoms in total. The van der Waals surface area contributed by atoms with Crippen molar-refractivity contribution in [3.63, 3.8) is 0 Å². The van der Waals surface area contributed by atoms with Gasteiger partial charge in [-0.15, -0.1) is 0 Å². The molecule has 1 aromatic heterocycles. The fourth-order valence-electron chi connectivity index (χ4n) is 2.91. The molecular formula is C15H17F3N2O2S. The van der Waals surface area contributed by atoms with Crippen molar-refractivity contribution in [1.82, 2.24) is 4.57 Å². The summed E-state index contributed by atoms with van der Waals surface area (Å²) in [4.78, 5) is 0. The number of nitrogens with zero attached hydrogens (tertiary/aromatic N) is 1. The Morgan fingerprint density at radius 2 is 1.83 bits per heavy atom. The van der Waals surface area contributed by atoms with Gasteiger partial charge >= 0.3 is 0 Å². The second-order valence-corrected chi connectivity index (χ2v) is 8.04. The minimum Gasteiger partial charge on any atom is -0.382 e. The molecule has 0 saturated carbocycles. The van der Waals surface area contributed by atoms with Crippen molar-refractivity contribution in [3.8, 4) is 0 Å². The maximum atomic E-state index is 13.6. The van der Waals surface area contributed by atoms with E-state index in [4.69, 9.17) is 0 Å². The molecule has 1 unspecified atom stereocenters. The average Bonchev–Trinajstić information content (AvgIpc) is 2.93. The highest BCUT2D eigenvalue weighted by molar-refractivity contribution is 7.91. The Balaban J connectivity index is 1.85. The molecule has 1 saturated heterocycles. The summed E-state index contributed by atoms with van der Waals surface area (Å²) >= 11 is 0. The number of rotatable bonds is 4. The Bertz CT molecular complexity index is 790. The number of halogens is 3. The number of alkyl halides is 3. The molecule has 1 fully saturated rings. The van der Waals surface area contributed by atoms with E-state index in [9.17, 15) is 21.6 Å². The summed E-state index contributed by atoms with van der Waals surface area (Å²) in [6.07, 6.45) is -3.17. The lowest BCUT2D eigenvalue weighted by molar-refractivity contribution is 0.0106. The Labute approximate surface area is 132 Å². The van der Waals surface area contributed by atoms with Crippen LogP contribution >= 0.6 is 0 Å². The van der Waals surface area contributed by atoms with Gasteiger partial charge in [-0.2, -0.15) is 0 Å². The predicted molar refractivity (Wildman–Crippen MR) is 83.4 cm³/mol. The zero-order chi connectivity index (χ0) is 16.6. The third-order valence-electron chi connectivity index (χ3n) is 4.15. The monoisotopic (exact) mass is 346 g/mol. The zero-order valence-electron chi connectivity index (χ0n) is 12.3. The number of sulfone groups is 1. The fraction of sp³-hybridized carbons (Fsp3) is 0.467. The molecule has 1 aromatic carbocycles. The lowest BCUT2D eigenvalue weighted by Crippen LogP contribution is -2.32. The van der Waals surface area contributed by atoms with E-state index in [1.54, 1.807) is 24.3 Å². The van der Waals surface area contributed by atoms with Crippen LogP contribution in [0.5, 0.6) is 0 Å². The Kier molecular flexibility index (Phi) is 4.27. The van der Waals surface area contributed by atoms with Gasteiger partial charge in [-0.3, -0.25) is 0 Å². The van der Waals surface area contributed by atoms with Gasteiger partial charge in [0.15, 0.2) is 0 Å². The Morgan fingerprint density at radius 3 is 2.48 bits per heavy atom. The molecule has 8 heteroatoms. The Hall–Kier alpha value is -1.70. The molecule has 1 aliphatic rings. The van der Waals surface area contributed by atoms with Crippen molar-refractivity contribution in [1.29, 1.82) is 0 Å². The van der Waals surface area contributed by atoms with Crippen molar-refractivity contribution >= 4 is 26.4 Å². The number of aromatic nitrogens is 1. The van der Waals surface area contributed by atoms with Crippen LogP contribution in [0.25, 0.3) is 10.9 Å². The molecule has 2 heterocycles. The van der Waals surface area contributed by atoms with Gasteiger partial charge in [0.2, 0.25) is 6.30 Å². The first kappa shape index (κ1) is 16.2. The van der Waals surface area contributed by atoms with Gasteiger partial charge in [-0.05, 0) is 31.0 Å². The zero-order valence-corrected chi connectivity index (χ0v) is 13.1. The molecule has 0 amide bonds. The molecule has 3 rings (SSSR count). The van der Waals surface area contributed by atoms with Gasteiger partial charge in [0.25, 0.3) is 6.43 Å². The highest BCUT2D eigenvalue weighted by atomic mass is 32.2. The minimum absolute atomic E-state index is 0.00347. The summed E-state index contributed by atoms with van der Waals surface area (Å²) in [5.41, 5.74) is 1.08. The van der Waals surface area contributed by atoms with Crippen LogP contribution in [-0.4, -0.2) is 37.0 Å². The van der Waals surface area contributed by atoms with Gasteiger partial charge in [-0.25, -0.2) is 21.6 Å². The average molecular weight is 346 g/mol. The van der Waals surface area contributed by atoms with Crippen LogP contribution in [0.15, 0.2) is 30.5 Å². The molecule has 126 valence electrons. The number of nitrogens with one attached hydrogen (secondary N) is 1. The normalized spacial score (nSPS) is 20.0. The van der Waals surface area contributed by atoms with E-state index >= 15 is 0 Å². The smallest absolute Gasteiger partial charge is 0.288 e. The molecule has 1 atom stereocenters. The van der Waals surface area contributed by atoms with E-state index in [2.05, 4.69) is 5.32 Å². The van der Waals surface area contributed by atoms with Crippen LogP contribution in [0, 0.1) is 0 Å². The maximum Gasteiger partial charge on any atom is 0.288 e. The van der Waals surface area contributed by atoms with Gasteiger partial charge in [0.1, 0.15) is 9.84 Å². The SMILES string of the molecule is O=S1(=O)CCC(Nc2cccc3c2ccn3C(F)C(F)F)CC1. The van der Waals surface area contributed by atoms with Crippen molar-refractivity contribution in [2.75, 3.05) is 16.8 Å². The first-order valence-electron chi connectivity index (χ1n) is 7.36. The maximum absolute atomic E-state index is 13.6. The highest BCUT2D eigenvalue weighted by Gasteiger charge is 2.25. The molecule has 0 radical (unpaired) electrons. The number of hydrogen-bond acceptors (Lipinski definition) is 3. The second kappa shape index (κ2) is 6.07. The molecule has 2 aromatic rings. The third kappa shape index (κ3) is 3.31. The minimum atomic E-state index is -3.09. The van der Waals surface area contributed by atoms with Crippen LogP contribution < -0.4 is 5.32 Å². The van der Waals surface area contributed by atoms with Crippen LogP contribution in [-0.2, 0) is 9.84 Å². The summed E-state index contributed by atoms with van der Waals surface area (Å²) < 4.78 is 62.6. The van der Waals surface area contributed by atoms with E-state index in [0.29, 0.717) is 29.4 Å². The molecule has 0 bridgehead atoms.